The molecular weight excluding hydrogens is 428 g/mol. The number of ether oxygens (including phenoxy) is 4. The standard InChI is InChI=1S/C24H32N2O7/c1-7-10-19(11-8-2)33-18(9-3)14-16(4)31-21(28)15-26-24(29)22-23(32-17(5)27)20(30-6)12-13-25-22/h7-8,10-13,16,18H,1,9,14-15H2,2-6H3,(H,26,29)/b11-8-,19-10+. The lowest BCUT2D eigenvalue weighted by Crippen LogP contribution is -2.33. The molecule has 0 fully saturated rings. The van der Waals surface area contributed by atoms with Gasteiger partial charge in [0.1, 0.15) is 24.5 Å². The summed E-state index contributed by atoms with van der Waals surface area (Å²) in [7, 11) is 1.37. The van der Waals surface area contributed by atoms with E-state index in [4.69, 9.17) is 18.9 Å². The van der Waals surface area contributed by atoms with Crippen LogP contribution in [-0.4, -0.2) is 48.7 Å². The normalized spacial score (nSPS) is 13.1. The predicted molar refractivity (Wildman–Crippen MR) is 123 cm³/mol. The van der Waals surface area contributed by atoms with Gasteiger partial charge >= 0.3 is 11.9 Å². The van der Waals surface area contributed by atoms with Crippen molar-refractivity contribution in [1.82, 2.24) is 10.3 Å². The van der Waals surface area contributed by atoms with Gasteiger partial charge in [0.05, 0.1) is 7.11 Å². The highest BCUT2D eigenvalue weighted by atomic mass is 16.6. The number of aromatic nitrogens is 1. The second kappa shape index (κ2) is 14.4. The van der Waals surface area contributed by atoms with Crippen molar-refractivity contribution in [3.63, 3.8) is 0 Å². The Morgan fingerprint density at radius 1 is 1.27 bits per heavy atom. The molecule has 180 valence electrons. The van der Waals surface area contributed by atoms with Gasteiger partial charge in [0.2, 0.25) is 5.75 Å². The van der Waals surface area contributed by atoms with Crippen LogP contribution in [0.4, 0.5) is 0 Å². The number of pyridine rings is 1. The summed E-state index contributed by atoms with van der Waals surface area (Å²) in [4.78, 5) is 40.0. The number of carbonyl (C=O) groups excluding carboxylic acids is 3. The zero-order chi connectivity index (χ0) is 24.8. The number of nitrogens with zero attached hydrogens (tertiary/aromatic N) is 1. The highest BCUT2D eigenvalue weighted by molar-refractivity contribution is 5.98. The Hall–Kier alpha value is -3.62. The molecule has 2 unspecified atom stereocenters. The van der Waals surface area contributed by atoms with Gasteiger partial charge in [-0.3, -0.25) is 14.4 Å². The number of hydrogen-bond donors (Lipinski definition) is 1. The molecule has 0 radical (unpaired) electrons. The summed E-state index contributed by atoms with van der Waals surface area (Å²) in [6.07, 6.45) is 8.98. The summed E-state index contributed by atoms with van der Waals surface area (Å²) < 4.78 is 21.5. The van der Waals surface area contributed by atoms with Crippen molar-refractivity contribution in [2.75, 3.05) is 13.7 Å². The maximum atomic E-state index is 12.5. The van der Waals surface area contributed by atoms with Gasteiger partial charge in [-0.1, -0.05) is 25.7 Å². The molecule has 33 heavy (non-hydrogen) atoms. The van der Waals surface area contributed by atoms with Crippen molar-refractivity contribution in [3.8, 4) is 11.5 Å². The summed E-state index contributed by atoms with van der Waals surface area (Å²) >= 11 is 0. The smallest absolute Gasteiger partial charge is 0.325 e. The summed E-state index contributed by atoms with van der Waals surface area (Å²) in [5, 5.41) is 2.42. The number of allylic oxidation sites excluding steroid dienone is 4. The molecule has 0 saturated heterocycles. The first-order valence-electron chi connectivity index (χ1n) is 10.6. The topological polar surface area (TPSA) is 113 Å². The molecule has 1 N–H and O–H groups in total. The summed E-state index contributed by atoms with van der Waals surface area (Å²) in [6, 6.07) is 1.45. The second-order valence-corrected chi connectivity index (χ2v) is 6.96. The van der Waals surface area contributed by atoms with Crippen LogP contribution in [-0.2, 0) is 19.1 Å². The van der Waals surface area contributed by atoms with Crippen LogP contribution in [0.3, 0.4) is 0 Å². The first kappa shape index (κ1) is 27.4. The SMILES string of the molecule is C=C/C=C(\C=C/C)OC(CC)CC(C)OC(=O)CNC(=O)c1nccc(OC)c1OC(C)=O. The van der Waals surface area contributed by atoms with Crippen molar-refractivity contribution in [2.45, 2.75) is 52.7 Å². The number of methoxy groups -OCH3 is 1. The molecule has 1 heterocycles. The van der Waals surface area contributed by atoms with E-state index in [2.05, 4.69) is 16.9 Å². The molecule has 0 spiro atoms. The number of carbonyl (C=O) groups is 3. The van der Waals surface area contributed by atoms with Crippen LogP contribution in [0.2, 0.25) is 0 Å². The van der Waals surface area contributed by atoms with Gasteiger partial charge in [-0.25, -0.2) is 4.98 Å². The van der Waals surface area contributed by atoms with Gasteiger partial charge in [0.15, 0.2) is 11.4 Å². The maximum Gasteiger partial charge on any atom is 0.325 e. The van der Waals surface area contributed by atoms with Crippen LogP contribution in [0.5, 0.6) is 11.5 Å². The molecule has 1 rings (SSSR count). The molecule has 0 bridgehead atoms. The molecule has 0 aliphatic rings. The number of rotatable bonds is 13. The molecule has 0 aliphatic carbocycles. The van der Waals surface area contributed by atoms with Crippen LogP contribution in [0.1, 0.15) is 51.0 Å². The van der Waals surface area contributed by atoms with E-state index in [1.165, 1.54) is 26.3 Å². The minimum absolute atomic E-state index is 0.126. The second-order valence-electron chi connectivity index (χ2n) is 6.96. The minimum Gasteiger partial charge on any atom is -0.493 e. The molecule has 1 aromatic heterocycles. The van der Waals surface area contributed by atoms with Gasteiger partial charge in [-0.05, 0) is 32.4 Å². The van der Waals surface area contributed by atoms with E-state index in [0.717, 1.165) is 0 Å². The average molecular weight is 461 g/mol. The Labute approximate surface area is 194 Å². The predicted octanol–water partition coefficient (Wildman–Crippen LogP) is 3.51. The fraction of sp³-hybridized carbons (Fsp3) is 0.417. The van der Waals surface area contributed by atoms with Crippen molar-refractivity contribution >= 4 is 17.8 Å². The zero-order valence-corrected chi connectivity index (χ0v) is 19.8. The Kier molecular flexibility index (Phi) is 12.0. The first-order valence-corrected chi connectivity index (χ1v) is 10.6. The highest BCUT2D eigenvalue weighted by Crippen LogP contribution is 2.29. The van der Waals surface area contributed by atoms with Crippen molar-refractivity contribution in [2.24, 2.45) is 0 Å². The third-order valence-corrected chi connectivity index (χ3v) is 4.24. The Morgan fingerprint density at radius 2 is 2.00 bits per heavy atom. The minimum atomic E-state index is -0.713. The van der Waals surface area contributed by atoms with Gasteiger partial charge in [0, 0.05) is 25.6 Å². The quantitative estimate of drug-likeness (QED) is 0.270. The Balaban J connectivity index is 2.69. The van der Waals surface area contributed by atoms with Crippen molar-refractivity contribution < 1.29 is 33.3 Å². The Morgan fingerprint density at radius 3 is 2.58 bits per heavy atom. The molecule has 1 amide bonds. The fourth-order valence-corrected chi connectivity index (χ4v) is 2.82. The van der Waals surface area contributed by atoms with Crippen LogP contribution in [0.15, 0.2) is 48.9 Å². The average Bonchev–Trinajstić information content (AvgIpc) is 2.77. The van der Waals surface area contributed by atoms with Crippen LogP contribution < -0.4 is 14.8 Å². The molecule has 9 nitrogen and oxygen atoms in total. The van der Waals surface area contributed by atoms with E-state index in [1.54, 1.807) is 19.1 Å². The molecule has 0 aromatic carbocycles. The van der Waals surface area contributed by atoms with E-state index < -0.39 is 23.9 Å². The van der Waals surface area contributed by atoms with Gasteiger partial charge in [-0.15, -0.1) is 0 Å². The fourth-order valence-electron chi connectivity index (χ4n) is 2.82. The lowest BCUT2D eigenvalue weighted by atomic mass is 10.1. The van der Waals surface area contributed by atoms with E-state index in [-0.39, 0.29) is 29.8 Å². The molecule has 0 aliphatic heterocycles. The molecular formula is C24H32N2O7. The van der Waals surface area contributed by atoms with Crippen molar-refractivity contribution in [3.05, 3.63) is 54.6 Å². The zero-order valence-electron chi connectivity index (χ0n) is 19.8. The summed E-state index contributed by atoms with van der Waals surface area (Å²) in [5.41, 5.74) is -0.185. The lowest BCUT2D eigenvalue weighted by Gasteiger charge is -2.22. The van der Waals surface area contributed by atoms with Gasteiger partial charge in [0.25, 0.3) is 5.91 Å². The lowest BCUT2D eigenvalue weighted by molar-refractivity contribution is -0.148. The number of esters is 2. The molecule has 2 atom stereocenters. The first-order chi connectivity index (χ1) is 15.7. The number of amides is 1. The van der Waals surface area contributed by atoms with E-state index in [9.17, 15) is 14.4 Å². The maximum absolute atomic E-state index is 12.5. The number of hydrogen-bond acceptors (Lipinski definition) is 8. The third kappa shape index (κ3) is 9.59. The van der Waals surface area contributed by atoms with Crippen LogP contribution in [0, 0.1) is 0 Å². The summed E-state index contributed by atoms with van der Waals surface area (Å²) in [5.74, 6) is -1.28. The largest absolute Gasteiger partial charge is 0.493 e. The molecule has 1 aromatic rings. The van der Waals surface area contributed by atoms with Crippen LogP contribution >= 0.6 is 0 Å². The number of nitrogens with one attached hydrogen (secondary N) is 1. The van der Waals surface area contributed by atoms with Gasteiger partial charge in [-0.2, -0.15) is 0 Å². The van der Waals surface area contributed by atoms with E-state index in [1.807, 2.05) is 26.0 Å². The Bertz CT molecular complexity index is 893. The van der Waals surface area contributed by atoms with E-state index >= 15 is 0 Å². The highest BCUT2D eigenvalue weighted by Gasteiger charge is 2.22. The van der Waals surface area contributed by atoms with E-state index in [0.29, 0.717) is 18.6 Å². The third-order valence-electron chi connectivity index (χ3n) is 4.24. The van der Waals surface area contributed by atoms with Gasteiger partial charge < -0.3 is 24.3 Å². The monoisotopic (exact) mass is 460 g/mol. The summed E-state index contributed by atoms with van der Waals surface area (Å²) in [6.45, 7) is 10.1. The van der Waals surface area contributed by atoms with Crippen LogP contribution in [0.25, 0.3) is 0 Å². The molecule has 9 heteroatoms. The molecule has 0 saturated carbocycles. The van der Waals surface area contributed by atoms with Crippen molar-refractivity contribution in [1.29, 1.82) is 0 Å².